The number of fused-ring (bicyclic) bond motifs is 7. The summed E-state index contributed by atoms with van der Waals surface area (Å²) >= 11 is 1.93. The quantitative estimate of drug-likeness (QED) is 0.156. The maximum atomic E-state index is 2.53. The highest BCUT2D eigenvalue weighted by Gasteiger charge is 2.42. The first kappa shape index (κ1) is 37.6. The van der Waals surface area contributed by atoms with Crippen LogP contribution in [-0.2, 0) is 10.8 Å². The monoisotopic (exact) mass is 806 g/mol. The van der Waals surface area contributed by atoms with E-state index in [0.717, 1.165) is 22.7 Å². The van der Waals surface area contributed by atoms with Gasteiger partial charge in [0.15, 0.2) is 0 Å². The maximum Gasteiger partial charge on any atom is 0.0619 e. The van der Waals surface area contributed by atoms with Crippen LogP contribution in [0.1, 0.15) is 70.6 Å². The van der Waals surface area contributed by atoms with Crippen LogP contribution in [-0.4, -0.2) is 4.57 Å². The van der Waals surface area contributed by atoms with Crippen molar-refractivity contribution in [3.8, 4) is 27.9 Å². The van der Waals surface area contributed by atoms with Crippen LogP contribution >= 0.6 is 11.3 Å². The Labute approximate surface area is 363 Å². The molecule has 11 rings (SSSR count). The molecule has 0 unspecified atom stereocenters. The number of rotatable bonds is 7. The van der Waals surface area contributed by atoms with Crippen LogP contribution in [0, 0.1) is 0 Å². The Balaban J connectivity index is 1.06. The second kappa shape index (κ2) is 14.1. The van der Waals surface area contributed by atoms with Crippen LogP contribution < -0.4 is 4.90 Å². The molecule has 61 heavy (non-hydrogen) atoms. The number of anilines is 3. The van der Waals surface area contributed by atoms with Crippen molar-refractivity contribution in [2.45, 2.75) is 64.7 Å². The fourth-order valence-electron chi connectivity index (χ4n) is 10.6. The number of hydrogen-bond acceptors (Lipinski definition) is 2. The molecule has 8 aromatic carbocycles. The standard InChI is InChI=1S/C58H50N2S/c1-37(2)38-23-28-42(29-24-38)59(43-30-25-39(26-31-43)45-19-14-20-47-46-18-11-13-22-53(46)60(56(45)47)41-15-8-7-9-16-41)52-21-12-10-17-44(52)40-27-32-54-48(33-40)49-34-50-51(35-55(49)61-54)58(5,6)36-57(50,3)4/h7-35,37H,36H2,1-6H3. The van der Waals surface area contributed by atoms with E-state index < -0.39 is 0 Å². The lowest BCUT2D eigenvalue weighted by Gasteiger charge is -2.28. The van der Waals surface area contributed by atoms with Gasteiger partial charge in [0.05, 0.1) is 16.7 Å². The Hall–Kier alpha value is -6.42. The fraction of sp³-hybridized carbons (Fsp3) is 0.172. The van der Waals surface area contributed by atoms with Gasteiger partial charge in [-0.05, 0) is 124 Å². The summed E-state index contributed by atoms with van der Waals surface area (Å²) in [6.07, 6.45) is 1.17. The van der Waals surface area contributed by atoms with Crippen molar-refractivity contribution in [1.29, 1.82) is 0 Å². The molecule has 0 radical (unpaired) electrons. The van der Waals surface area contributed by atoms with Gasteiger partial charge in [0.1, 0.15) is 0 Å². The first-order chi connectivity index (χ1) is 29.6. The lowest BCUT2D eigenvalue weighted by molar-refractivity contribution is 0.403. The van der Waals surface area contributed by atoms with Crippen molar-refractivity contribution >= 4 is 70.4 Å². The molecule has 3 heteroatoms. The van der Waals surface area contributed by atoms with Crippen LogP contribution in [0.15, 0.2) is 176 Å². The predicted octanol–water partition coefficient (Wildman–Crippen LogP) is 17.0. The predicted molar refractivity (Wildman–Crippen MR) is 264 cm³/mol. The summed E-state index contributed by atoms with van der Waals surface area (Å²) in [5.41, 5.74) is 16.5. The minimum absolute atomic E-state index is 0.152. The highest BCUT2D eigenvalue weighted by Crippen LogP contribution is 2.52. The second-order valence-corrected chi connectivity index (χ2v) is 19.8. The van der Waals surface area contributed by atoms with E-state index in [9.17, 15) is 0 Å². The molecule has 10 aromatic rings. The molecule has 0 aliphatic heterocycles. The van der Waals surface area contributed by atoms with Gasteiger partial charge >= 0.3 is 0 Å². The number of para-hydroxylation sites is 4. The van der Waals surface area contributed by atoms with Gasteiger partial charge in [-0.3, -0.25) is 0 Å². The average molecular weight is 807 g/mol. The largest absolute Gasteiger partial charge is 0.310 e. The summed E-state index contributed by atoms with van der Waals surface area (Å²) in [5.74, 6) is 0.452. The Morgan fingerprint density at radius 2 is 1.11 bits per heavy atom. The zero-order valence-electron chi connectivity index (χ0n) is 35.8. The van der Waals surface area contributed by atoms with Crippen LogP contribution in [0.5, 0.6) is 0 Å². The molecule has 0 spiro atoms. The van der Waals surface area contributed by atoms with E-state index in [2.05, 4.69) is 227 Å². The molecule has 1 aliphatic rings. The number of thiophene rings is 1. The van der Waals surface area contributed by atoms with Gasteiger partial charge in [-0.1, -0.05) is 145 Å². The third kappa shape index (κ3) is 6.12. The van der Waals surface area contributed by atoms with Crippen molar-refractivity contribution < 1.29 is 0 Å². The molecule has 0 saturated heterocycles. The summed E-state index contributed by atoms with van der Waals surface area (Å²) in [6, 6.07) is 65.7. The number of aromatic nitrogens is 1. The van der Waals surface area contributed by atoms with Crippen LogP contribution in [0.25, 0.3) is 69.9 Å². The molecule has 0 amide bonds. The lowest BCUT2D eigenvalue weighted by Crippen LogP contribution is -2.17. The maximum absolute atomic E-state index is 2.53. The topological polar surface area (TPSA) is 8.17 Å². The first-order valence-corrected chi connectivity index (χ1v) is 22.6. The molecule has 2 nitrogen and oxygen atoms in total. The van der Waals surface area contributed by atoms with Crippen molar-refractivity contribution in [2.24, 2.45) is 0 Å². The van der Waals surface area contributed by atoms with Gasteiger partial charge in [0.25, 0.3) is 0 Å². The molecule has 0 fully saturated rings. The molecular weight excluding hydrogens is 757 g/mol. The second-order valence-electron chi connectivity index (χ2n) is 18.7. The smallest absolute Gasteiger partial charge is 0.0619 e. The minimum Gasteiger partial charge on any atom is -0.310 e. The van der Waals surface area contributed by atoms with Crippen molar-refractivity contribution in [2.75, 3.05) is 4.90 Å². The minimum atomic E-state index is 0.152. The van der Waals surface area contributed by atoms with Gasteiger partial charge in [-0.15, -0.1) is 11.3 Å². The van der Waals surface area contributed by atoms with E-state index in [1.807, 2.05) is 11.3 Å². The third-order valence-electron chi connectivity index (χ3n) is 13.4. The van der Waals surface area contributed by atoms with E-state index >= 15 is 0 Å². The Bertz CT molecular complexity index is 3290. The summed E-state index contributed by atoms with van der Waals surface area (Å²) in [5, 5.41) is 5.24. The molecule has 0 bridgehead atoms. The average Bonchev–Trinajstić information content (AvgIpc) is 3.87. The van der Waals surface area contributed by atoms with E-state index in [0.29, 0.717) is 5.92 Å². The zero-order valence-corrected chi connectivity index (χ0v) is 36.6. The first-order valence-electron chi connectivity index (χ1n) is 21.7. The summed E-state index contributed by atoms with van der Waals surface area (Å²) in [6.45, 7) is 14.2. The van der Waals surface area contributed by atoms with Gasteiger partial charge < -0.3 is 9.47 Å². The van der Waals surface area contributed by atoms with Gasteiger partial charge in [0, 0.05) is 59.1 Å². The highest BCUT2D eigenvalue weighted by atomic mass is 32.1. The van der Waals surface area contributed by atoms with E-state index in [4.69, 9.17) is 0 Å². The number of nitrogens with zero attached hydrogens (tertiary/aromatic N) is 2. The normalized spacial score (nSPS) is 14.4. The van der Waals surface area contributed by atoms with Crippen molar-refractivity contribution in [3.05, 3.63) is 193 Å². The molecule has 0 saturated carbocycles. The van der Waals surface area contributed by atoms with E-state index in [1.54, 1.807) is 0 Å². The fourth-order valence-corrected chi connectivity index (χ4v) is 11.7. The molecule has 0 N–H and O–H groups in total. The van der Waals surface area contributed by atoms with E-state index in [-0.39, 0.29) is 10.8 Å². The molecule has 1 aliphatic carbocycles. The number of benzene rings is 8. The molecular formula is C58H50N2S. The molecule has 2 aromatic heterocycles. The van der Waals surface area contributed by atoms with Gasteiger partial charge in [-0.2, -0.15) is 0 Å². The Morgan fingerprint density at radius 3 is 1.87 bits per heavy atom. The van der Waals surface area contributed by atoms with Gasteiger partial charge in [-0.25, -0.2) is 0 Å². The Kier molecular flexibility index (Phi) is 8.67. The third-order valence-corrected chi connectivity index (χ3v) is 14.5. The van der Waals surface area contributed by atoms with Crippen LogP contribution in [0.3, 0.4) is 0 Å². The molecule has 298 valence electrons. The van der Waals surface area contributed by atoms with E-state index in [1.165, 1.54) is 87.3 Å². The van der Waals surface area contributed by atoms with Crippen molar-refractivity contribution in [1.82, 2.24) is 4.57 Å². The summed E-state index contributed by atoms with van der Waals surface area (Å²) in [7, 11) is 0. The highest BCUT2D eigenvalue weighted by molar-refractivity contribution is 7.25. The van der Waals surface area contributed by atoms with Crippen LogP contribution in [0.2, 0.25) is 0 Å². The van der Waals surface area contributed by atoms with Crippen molar-refractivity contribution in [3.63, 3.8) is 0 Å². The summed E-state index contributed by atoms with van der Waals surface area (Å²) < 4.78 is 5.15. The molecule has 0 atom stereocenters. The van der Waals surface area contributed by atoms with Crippen LogP contribution in [0.4, 0.5) is 17.1 Å². The van der Waals surface area contributed by atoms with Gasteiger partial charge in [0.2, 0.25) is 0 Å². The summed E-state index contributed by atoms with van der Waals surface area (Å²) in [4.78, 5) is 2.44. The Morgan fingerprint density at radius 1 is 0.508 bits per heavy atom. The lowest BCUT2D eigenvalue weighted by atomic mass is 9.82. The molecule has 2 heterocycles. The number of hydrogen-bond donors (Lipinski definition) is 0. The SMILES string of the molecule is CC(C)c1ccc(N(c2ccc(-c3cccc4c5ccccc5n(-c5ccccc5)c34)cc2)c2ccccc2-c2ccc3sc4cc5c(cc4c3c2)C(C)(C)CC5(C)C)cc1. The zero-order chi connectivity index (χ0) is 41.6.